The Hall–Kier alpha value is -3.16. The molecule has 0 radical (unpaired) electrons. The van der Waals surface area contributed by atoms with Gasteiger partial charge in [-0.3, -0.25) is 9.59 Å². The number of unbranched alkanes of at least 4 members (excludes halogenated alkanes) is 7. The van der Waals surface area contributed by atoms with Crippen molar-refractivity contribution in [2.75, 3.05) is 0 Å². The first-order chi connectivity index (χ1) is 15.2. The van der Waals surface area contributed by atoms with Crippen LogP contribution in [0.15, 0.2) is 30.6 Å². The highest BCUT2D eigenvalue weighted by Gasteiger charge is 2.18. The van der Waals surface area contributed by atoms with Crippen molar-refractivity contribution in [1.82, 2.24) is 0 Å². The maximum absolute atomic E-state index is 12.1. The molecule has 32 heavy (non-hydrogen) atoms. The normalized spacial score (nSPS) is 10.9. The highest BCUT2D eigenvalue weighted by Crippen LogP contribution is 2.19. The van der Waals surface area contributed by atoms with Crippen LogP contribution in [-0.2, 0) is 0 Å². The van der Waals surface area contributed by atoms with Gasteiger partial charge in [0.1, 0.15) is 34.1 Å². The van der Waals surface area contributed by atoms with Gasteiger partial charge in [-0.05, 0) is 26.7 Å². The van der Waals surface area contributed by atoms with Crippen LogP contribution in [0.1, 0.15) is 96.4 Å². The Morgan fingerprint density at radius 2 is 0.969 bits per heavy atom. The van der Waals surface area contributed by atoms with Crippen LogP contribution in [0, 0.1) is 13.8 Å². The van der Waals surface area contributed by atoms with Crippen molar-refractivity contribution in [3.8, 4) is 11.5 Å². The van der Waals surface area contributed by atoms with E-state index in [9.17, 15) is 29.4 Å². The first-order valence-electron chi connectivity index (χ1n) is 10.9. The largest absolute Gasteiger partial charge is 0.507 e. The first kappa shape index (κ1) is 25.1. The Balaban J connectivity index is 1.57. The van der Waals surface area contributed by atoms with E-state index in [1.54, 1.807) is 0 Å². The molecule has 2 rings (SSSR count). The van der Waals surface area contributed by atoms with Gasteiger partial charge in [0, 0.05) is 25.0 Å². The van der Waals surface area contributed by atoms with Gasteiger partial charge in [-0.25, -0.2) is 9.59 Å². The monoisotopic (exact) mass is 446 g/mol. The molecule has 0 atom stereocenters. The van der Waals surface area contributed by atoms with E-state index in [1.807, 2.05) is 0 Å². The Bertz CT molecular complexity index is 975. The van der Waals surface area contributed by atoms with Gasteiger partial charge in [0.15, 0.2) is 11.6 Å². The summed E-state index contributed by atoms with van der Waals surface area (Å²) in [5.74, 6) is -0.967. The topological polar surface area (TPSA) is 135 Å². The molecule has 2 heterocycles. The van der Waals surface area contributed by atoms with Crippen molar-refractivity contribution in [1.29, 1.82) is 0 Å². The second-order valence-corrected chi connectivity index (χ2v) is 7.98. The van der Waals surface area contributed by atoms with Gasteiger partial charge >= 0.3 is 11.3 Å². The fraction of sp³-hybridized carbons (Fsp3) is 0.500. The minimum atomic E-state index is -0.801. The highest BCUT2D eigenvalue weighted by molar-refractivity contribution is 5.98. The lowest BCUT2D eigenvalue weighted by molar-refractivity contribution is 0.0962. The molecule has 2 aromatic heterocycles. The average Bonchev–Trinajstić information content (AvgIpc) is 2.67. The molecule has 174 valence electrons. The quantitative estimate of drug-likeness (QED) is 0.337. The van der Waals surface area contributed by atoms with E-state index in [-0.39, 0.29) is 47.0 Å². The van der Waals surface area contributed by atoms with Gasteiger partial charge in [0.25, 0.3) is 0 Å². The van der Waals surface area contributed by atoms with Crippen LogP contribution >= 0.6 is 0 Å². The van der Waals surface area contributed by atoms with E-state index >= 15 is 0 Å². The van der Waals surface area contributed by atoms with Gasteiger partial charge in [-0.15, -0.1) is 0 Å². The summed E-state index contributed by atoms with van der Waals surface area (Å²) in [4.78, 5) is 47.7. The van der Waals surface area contributed by atoms with Crippen molar-refractivity contribution in [3.63, 3.8) is 0 Å². The summed E-state index contributed by atoms with van der Waals surface area (Å²) in [6, 6.07) is 2.53. The van der Waals surface area contributed by atoms with E-state index in [1.165, 1.54) is 26.0 Å². The zero-order valence-electron chi connectivity index (χ0n) is 18.6. The number of carbonyl (C=O) groups excluding carboxylic acids is 2. The predicted octanol–water partition coefficient (Wildman–Crippen LogP) is 4.59. The maximum atomic E-state index is 12.1. The molecule has 0 aliphatic rings. The number of ketones is 2. The van der Waals surface area contributed by atoms with E-state index in [0.717, 1.165) is 38.5 Å². The van der Waals surface area contributed by atoms with Gasteiger partial charge < -0.3 is 19.0 Å². The maximum Gasteiger partial charge on any atom is 0.350 e. The fourth-order valence-electron chi connectivity index (χ4n) is 3.59. The van der Waals surface area contributed by atoms with Crippen molar-refractivity contribution in [2.24, 2.45) is 0 Å². The number of Topliss-reactive ketones (excluding diaryl/α,β-unsaturated/α-hetero) is 2. The van der Waals surface area contributed by atoms with Gasteiger partial charge in [-0.2, -0.15) is 0 Å². The molecule has 0 saturated heterocycles. The minimum Gasteiger partial charge on any atom is -0.507 e. The van der Waals surface area contributed by atoms with E-state index in [2.05, 4.69) is 0 Å². The summed E-state index contributed by atoms with van der Waals surface area (Å²) in [6.07, 6.45) is 7.16. The van der Waals surface area contributed by atoms with Crippen LogP contribution in [0.2, 0.25) is 0 Å². The zero-order chi connectivity index (χ0) is 23.7. The molecule has 0 spiro atoms. The molecule has 0 aromatic carbocycles. The third-order valence-corrected chi connectivity index (χ3v) is 5.22. The molecule has 0 aliphatic heterocycles. The second-order valence-electron chi connectivity index (χ2n) is 7.98. The van der Waals surface area contributed by atoms with Crippen molar-refractivity contribution in [3.05, 3.63) is 55.6 Å². The van der Waals surface area contributed by atoms with Crippen LogP contribution < -0.4 is 11.3 Å². The SMILES string of the molecule is Cc1cc(O)c(C(=O)CCCCCCCCCCC(=O)c2c(O)cc(C)oc2=O)c(=O)o1. The lowest BCUT2D eigenvalue weighted by atomic mass is 10.0. The lowest BCUT2D eigenvalue weighted by Gasteiger charge is -2.05. The number of rotatable bonds is 13. The van der Waals surface area contributed by atoms with Crippen molar-refractivity contribution < 1.29 is 28.6 Å². The summed E-state index contributed by atoms with van der Waals surface area (Å²) in [6.45, 7) is 3.06. The van der Waals surface area contributed by atoms with E-state index < -0.39 is 22.8 Å². The average molecular weight is 446 g/mol. The lowest BCUT2D eigenvalue weighted by Crippen LogP contribution is -2.14. The molecule has 0 amide bonds. The number of aryl methyl sites for hydroxylation is 2. The van der Waals surface area contributed by atoms with Gasteiger partial charge in [0.05, 0.1) is 0 Å². The van der Waals surface area contributed by atoms with Crippen molar-refractivity contribution >= 4 is 11.6 Å². The van der Waals surface area contributed by atoms with Gasteiger partial charge in [-0.1, -0.05) is 38.5 Å². The first-order valence-corrected chi connectivity index (χ1v) is 10.9. The van der Waals surface area contributed by atoms with Gasteiger partial charge in [0.2, 0.25) is 0 Å². The Morgan fingerprint density at radius 3 is 1.28 bits per heavy atom. The van der Waals surface area contributed by atoms with Crippen molar-refractivity contribution in [2.45, 2.75) is 78.1 Å². The molecule has 0 unspecified atom stereocenters. The number of aromatic hydroxyl groups is 2. The van der Waals surface area contributed by atoms with Crippen LogP contribution in [0.4, 0.5) is 0 Å². The summed E-state index contributed by atoms with van der Waals surface area (Å²) in [7, 11) is 0. The zero-order valence-corrected chi connectivity index (χ0v) is 18.6. The third-order valence-electron chi connectivity index (χ3n) is 5.22. The molecule has 2 N–H and O–H groups in total. The third kappa shape index (κ3) is 7.21. The van der Waals surface area contributed by atoms with Crippen LogP contribution in [0.25, 0.3) is 0 Å². The smallest absolute Gasteiger partial charge is 0.350 e. The van der Waals surface area contributed by atoms with E-state index in [0.29, 0.717) is 12.8 Å². The summed E-state index contributed by atoms with van der Waals surface area (Å²) in [5, 5.41) is 19.6. The summed E-state index contributed by atoms with van der Waals surface area (Å²) < 4.78 is 9.74. The Morgan fingerprint density at radius 1 is 0.656 bits per heavy atom. The molecule has 0 bridgehead atoms. The number of carbonyl (C=O) groups is 2. The minimum absolute atomic E-state index is 0.184. The van der Waals surface area contributed by atoms with Crippen LogP contribution in [0.3, 0.4) is 0 Å². The molecular weight excluding hydrogens is 416 g/mol. The molecule has 8 heteroatoms. The standard InChI is InChI=1S/C24H30O8/c1-15-13-19(27)21(23(29)31-15)17(25)11-9-7-5-3-4-6-8-10-12-18(26)22-20(28)14-16(2)32-24(22)30/h13-14,27-28H,3-12H2,1-2H3. The number of hydrogen-bond donors (Lipinski definition) is 2. The molecular formula is C24H30O8. The molecule has 0 saturated carbocycles. The van der Waals surface area contributed by atoms with E-state index in [4.69, 9.17) is 8.83 Å². The summed E-state index contributed by atoms with van der Waals surface area (Å²) >= 11 is 0. The Kier molecular flexibility index (Phi) is 9.43. The molecule has 2 aromatic rings. The van der Waals surface area contributed by atoms with Crippen LogP contribution in [0.5, 0.6) is 11.5 Å². The molecule has 0 fully saturated rings. The predicted molar refractivity (Wildman–Crippen MR) is 118 cm³/mol. The molecule has 0 aliphatic carbocycles. The molecule has 8 nitrogen and oxygen atoms in total. The number of hydrogen-bond acceptors (Lipinski definition) is 8. The fourth-order valence-corrected chi connectivity index (χ4v) is 3.59. The second kappa shape index (κ2) is 12.0. The summed E-state index contributed by atoms with van der Waals surface area (Å²) in [5.41, 5.74) is -2.15. The van der Waals surface area contributed by atoms with Crippen LogP contribution in [-0.4, -0.2) is 21.8 Å². The Labute approximate surface area is 185 Å². The highest BCUT2D eigenvalue weighted by atomic mass is 16.4.